The van der Waals surface area contributed by atoms with Crippen molar-refractivity contribution in [2.45, 2.75) is 13.0 Å². The van der Waals surface area contributed by atoms with Crippen LogP contribution in [0.25, 0.3) is 0 Å². The van der Waals surface area contributed by atoms with E-state index in [2.05, 4.69) is 38.5 Å². The van der Waals surface area contributed by atoms with Crippen molar-refractivity contribution in [2.75, 3.05) is 7.05 Å². The van der Waals surface area contributed by atoms with Crippen LogP contribution in [-0.2, 0) is 0 Å². The number of carbonyl (C=O) groups is 1. The third-order valence-corrected chi connectivity index (χ3v) is 4.25. The van der Waals surface area contributed by atoms with Crippen LogP contribution in [0.5, 0.6) is 0 Å². The summed E-state index contributed by atoms with van der Waals surface area (Å²) in [4.78, 5) is 14.1. The Labute approximate surface area is 128 Å². The minimum Gasteiger partial charge on any atom is -0.392 e. The van der Waals surface area contributed by atoms with Crippen molar-refractivity contribution in [1.82, 2.24) is 4.90 Å². The fraction of sp³-hybridized carbons (Fsp3) is 0.273. The number of nitrogens with two attached hydrogens (primary N) is 1. The molecular weight excluding hydrogens is 415 g/mol. The van der Waals surface area contributed by atoms with Gasteiger partial charge in [0.15, 0.2) is 0 Å². The number of carbonyl (C=O) groups excluding carboxylic acids is 1. The smallest absolute Gasteiger partial charge is 0.255 e. The largest absolute Gasteiger partial charge is 0.392 e. The van der Waals surface area contributed by atoms with Crippen LogP contribution in [0, 0.1) is 3.57 Å². The van der Waals surface area contributed by atoms with Gasteiger partial charge in [-0.1, -0.05) is 28.1 Å². The Morgan fingerprint density at radius 3 is 2.71 bits per heavy atom. The average Bonchev–Trinajstić information content (AvgIpc) is 2.29. The molecule has 0 spiro atoms. The van der Waals surface area contributed by atoms with Gasteiger partial charge in [0, 0.05) is 15.1 Å². The molecule has 6 heteroatoms. The first-order chi connectivity index (χ1) is 7.84. The first-order valence-corrected chi connectivity index (χ1v) is 7.14. The van der Waals surface area contributed by atoms with E-state index in [0.717, 1.165) is 8.04 Å². The van der Waals surface area contributed by atoms with Crippen molar-refractivity contribution < 1.29 is 4.79 Å². The van der Waals surface area contributed by atoms with Gasteiger partial charge in [0.2, 0.25) is 0 Å². The van der Waals surface area contributed by atoms with Crippen molar-refractivity contribution in [3.8, 4) is 0 Å². The fourth-order valence-electron chi connectivity index (χ4n) is 1.22. The van der Waals surface area contributed by atoms with E-state index in [9.17, 15) is 4.79 Å². The lowest BCUT2D eigenvalue weighted by Crippen LogP contribution is -2.43. The first kappa shape index (κ1) is 14.8. The molecule has 3 nitrogen and oxygen atoms in total. The SMILES string of the molecule is CC(C(N)=S)N(C)C(=O)c1cc(Br)ccc1I. The highest BCUT2D eigenvalue weighted by Gasteiger charge is 2.21. The summed E-state index contributed by atoms with van der Waals surface area (Å²) in [6.45, 7) is 1.81. The quantitative estimate of drug-likeness (QED) is 0.597. The second-order valence-corrected chi connectivity index (χ2v) is 6.17. The number of nitrogens with zero attached hydrogens (tertiary/aromatic N) is 1. The molecule has 0 saturated carbocycles. The molecule has 0 radical (unpaired) electrons. The Balaban J connectivity index is 3.04. The van der Waals surface area contributed by atoms with Gasteiger partial charge >= 0.3 is 0 Å². The second kappa shape index (κ2) is 6.10. The molecule has 0 saturated heterocycles. The highest BCUT2D eigenvalue weighted by Crippen LogP contribution is 2.20. The van der Waals surface area contributed by atoms with Crippen LogP contribution >= 0.6 is 50.7 Å². The maximum absolute atomic E-state index is 12.2. The molecular formula is C11H12BrIN2OS. The Kier molecular flexibility index (Phi) is 5.33. The van der Waals surface area contributed by atoms with Gasteiger partial charge in [-0.25, -0.2) is 0 Å². The summed E-state index contributed by atoms with van der Waals surface area (Å²) < 4.78 is 1.77. The van der Waals surface area contributed by atoms with E-state index in [1.807, 2.05) is 19.1 Å². The molecule has 17 heavy (non-hydrogen) atoms. The van der Waals surface area contributed by atoms with Gasteiger partial charge in [-0.15, -0.1) is 0 Å². The average molecular weight is 427 g/mol. The summed E-state index contributed by atoms with van der Waals surface area (Å²) >= 11 is 10.4. The third-order valence-electron chi connectivity index (χ3n) is 2.47. The molecule has 1 amide bonds. The molecule has 0 heterocycles. The molecule has 1 atom stereocenters. The van der Waals surface area contributed by atoms with E-state index < -0.39 is 0 Å². The number of likely N-dealkylation sites (N-methyl/N-ethyl adjacent to an activating group) is 1. The van der Waals surface area contributed by atoms with E-state index in [1.165, 1.54) is 0 Å². The lowest BCUT2D eigenvalue weighted by molar-refractivity contribution is 0.0778. The van der Waals surface area contributed by atoms with Crippen LogP contribution in [0.2, 0.25) is 0 Å². The van der Waals surface area contributed by atoms with E-state index in [4.69, 9.17) is 18.0 Å². The number of hydrogen-bond acceptors (Lipinski definition) is 2. The van der Waals surface area contributed by atoms with Crippen LogP contribution in [0.1, 0.15) is 17.3 Å². The first-order valence-electron chi connectivity index (χ1n) is 4.86. The molecule has 2 N–H and O–H groups in total. The lowest BCUT2D eigenvalue weighted by atomic mass is 10.2. The normalized spacial score (nSPS) is 12.0. The van der Waals surface area contributed by atoms with Crippen molar-refractivity contribution in [3.63, 3.8) is 0 Å². The Hall–Kier alpha value is -0.210. The van der Waals surface area contributed by atoms with Crippen LogP contribution in [0.15, 0.2) is 22.7 Å². The molecule has 0 bridgehead atoms. The summed E-state index contributed by atoms with van der Waals surface area (Å²) in [7, 11) is 1.70. The number of rotatable bonds is 3. The molecule has 0 aliphatic rings. The standard InChI is InChI=1S/C11H12BrIN2OS/c1-6(10(14)17)15(2)11(16)8-5-7(12)3-4-9(8)13/h3-6H,1-2H3,(H2,14,17). The third kappa shape index (κ3) is 3.62. The summed E-state index contributed by atoms with van der Waals surface area (Å²) in [6, 6.07) is 5.33. The van der Waals surface area contributed by atoms with Crippen molar-refractivity contribution in [1.29, 1.82) is 0 Å². The van der Waals surface area contributed by atoms with E-state index in [-0.39, 0.29) is 11.9 Å². The predicted octanol–water partition coefficient (Wildman–Crippen LogP) is 2.80. The van der Waals surface area contributed by atoms with Gasteiger partial charge < -0.3 is 10.6 Å². The van der Waals surface area contributed by atoms with E-state index in [0.29, 0.717) is 10.6 Å². The minimum absolute atomic E-state index is 0.0870. The maximum atomic E-state index is 12.2. The summed E-state index contributed by atoms with van der Waals surface area (Å²) in [5.74, 6) is -0.0870. The molecule has 1 rings (SSSR count). The zero-order chi connectivity index (χ0) is 13.2. The van der Waals surface area contributed by atoms with Crippen LogP contribution in [-0.4, -0.2) is 28.9 Å². The number of hydrogen-bond donors (Lipinski definition) is 1. The molecule has 1 aromatic rings. The zero-order valence-electron chi connectivity index (χ0n) is 9.41. The predicted molar refractivity (Wildman–Crippen MR) is 85.2 cm³/mol. The van der Waals surface area contributed by atoms with Gasteiger partial charge in [-0.3, -0.25) is 4.79 Å². The topological polar surface area (TPSA) is 46.3 Å². The van der Waals surface area contributed by atoms with Crippen LogP contribution in [0.4, 0.5) is 0 Å². The van der Waals surface area contributed by atoms with Crippen molar-refractivity contribution in [3.05, 3.63) is 31.8 Å². The molecule has 0 aliphatic heterocycles. The monoisotopic (exact) mass is 426 g/mol. The Morgan fingerprint density at radius 1 is 1.59 bits per heavy atom. The molecule has 0 aliphatic carbocycles. The van der Waals surface area contributed by atoms with Crippen LogP contribution in [0.3, 0.4) is 0 Å². The molecule has 0 fully saturated rings. The van der Waals surface area contributed by atoms with Gasteiger partial charge in [-0.05, 0) is 47.7 Å². The lowest BCUT2D eigenvalue weighted by Gasteiger charge is -2.24. The molecule has 92 valence electrons. The Bertz CT molecular complexity index is 467. The van der Waals surface area contributed by atoms with Gasteiger partial charge in [0.05, 0.1) is 16.6 Å². The zero-order valence-corrected chi connectivity index (χ0v) is 14.0. The van der Waals surface area contributed by atoms with Crippen molar-refractivity contribution >= 4 is 61.6 Å². The highest BCUT2D eigenvalue weighted by atomic mass is 127. The summed E-state index contributed by atoms with van der Waals surface area (Å²) in [6.07, 6.45) is 0. The Morgan fingerprint density at radius 2 is 2.18 bits per heavy atom. The number of halogens is 2. The summed E-state index contributed by atoms with van der Waals surface area (Å²) in [5.41, 5.74) is 6.19. The summed E-state index contributed by atoms with van der Waals surface area (Å²) in [5, 5.41) is 0. The second-order valence-electron chi connectivity index (χ2n) is 3.62. The van der Waals surface area contributed by atoms with E-state index >= 15 is 0 Å². The van der Waals surface area contributed by atoms with E-state index in [1.54, 1.807) is 18.0 Å². The van der Waals surface area contributed by atoms with Crippen LogP contribution < -0.4 is 5.73 Å². The minimum atomic E-state index is -0.257. The van der Waals surface area contributed by atoms with Gasteiger partial charge in [0.25, 0.3) is 5.91 Å². The highest BCUT2D eigenvalue weighted by molar-refractivity contribution is 14.1. The van der Waals surface area contributed by atoms with Gasteiger partial charge in [0.1, 0.15) is 0 Å². The number of amides is 1. The molecule has 1 unspecified atom stereocenters. The maximum Gasteiger partial charge on any atom is 0.255 e. The molecule has 1 aromatic carbocycles. The number of thiocarbonyl (C=S) groups is 1. The van der Waals surface area contributed by atoms with Gasteiger partial charge in [-0.2, -0.15) is 0 Å². The molecule has 0 aromatic heterocycles. The fourth-order valence-corrected chi connectivity index (χ4v) is 2.30. The van der Waals surface area contributed by atoms with Crippen molar-refractivity contribution in [2.24, 2.45) is 5.73 Å². The number of benzene rings is 1.